The zero-order valence-corrected chi connectivity index (χ0v) is 14.5. The number of halogens is 1. The van der Waals surface area contributed by atoms with Crippen LogP contribution < -0.4 is 15.4 Å². The molecule has 2 aromatic carbocycles. The van der Waals surface area contributed by atoms with E-state index in [-0.39, 0.29) is 5.91 Å². The lowest BCUT2D eigenvalue weighted by atomic mass is 10.1. The molecular formula is C18H19BrN2O2. The summed E-state index contributed by atoms with van der Waals surface area (Å²) in [5, 5.41) is 6.25. The fourth-order valence-electron chi connectivity index (χ4n) is 2.59. The molecule has 120 valence electrons. The van der Waals surface area contributed by atoms with Crippen molar-refractivity contribution in [2.24, 2.45) is 0 Å². The lowest BCUT2D eigenvalue weighted by Crippen LogP contribution is -2.35. The summed E-state index contributed by atoms with van der Waals surface area (Å²) in [6, 6.07) is 13.8. The van der Waals surface area contributed by atoms with Crippen molar-refractivity contribution in [1.29, 1.82) is 0 Å². The summed E-state index contributed by atoms with van der Waals surface area (Å²) < 4.78 is 6.59. The normalized spacial score (nSPS) is 14.2. The van der Waals surface area contributed by atoms with Crippen LogP contribution in [0.5, 0.6) is 5.75 Å². The van der Waals surface area contributed by atoms with Gasteiger partial charge in [0.05, 0.1) is 0 Å². The minimum atomic E-state index is -0.541. The summed E-state index contributed by atoms with van der Waals surface area (Å²) in [5.41, 5.74) is 3.76. The van der Waals surface area contributed by atoms with Crippen LogP contribution in [0.15, 0.2) is 46.9 Å². The SMILES string of the molecule is CC(Oc1cccc(Br)c1)C(=O)NCc1ccc2c(c1)CNC2. The Morgan fingerprint density at radius 2 is 2.09 bits per heavy atom. The number of rotatable bonds is 5. The monoisotopic (exact) mass is 374 g/mol. The third-order valence-electron chi connectivity index (χ3n) is 3.85. The van der Waals surface area contributed by atoms with Crippen LogP contribution in [-0.2, 0) is 24.4 Å². The van der Waals surface area contributed by atoms with Gasteiger partial charge in [-0.2, -0.15) is 0 Å². The Hall–Kier alpha value is -1.85. The van der Waals surface area contributed by atoms with Crippen molar-refractivity contribution in [3.8, 4) is 5.75 Å². The zero-order chi connectivity index (χ0) is 16.2. The van der Waals surface area contributed by atoms with E-state index in [0.29, 0.717) is 12.3 Å². The molecule has 0 bridgehead atoms. The van der Waals surface area contributed by atoms with E-state index in [1.54, 1.807) is 6.92 Å². The Labute approximate surface area is 144 Å². The minimum absolute atomic E-state index is 0.122. The van der Waals surface area contributed by atoms with Crippen molar-refractivity contribution in [2.45, 2.75) is 32.7 Å². The molecule has 1 atom stereocenters. The van der Waals surface area contributed by atoms with Crippen molar-refractivity contribution < 1.29 is 9.53 Å². The van der Waals surface area contributed by atoms with E-state index in [2.05, 4.69) is 44.8 Å². The number of benzene rings is 2. The molecule has 0 aromatic heterocycles. The Morgan fingerprint density at radius 1 is 1.26 bits per heavy atom. The summed E-state index contributed by atoms with van der Waals surface area (Å²) in [6.07, 6.45) is -0.541. The highest BCUT2D eigenvalue weighted by molar-refractivity contribution is 9.10. The Balaban J connectivity index is 1.54. The molecule has 1 heterocycles. The average molecular weight is 375 g/mol. The van der Waals surface area contributed by atoms with Crippen LogP contribution in [0.3, 0.4) is 0 Å². The fraction of sp³-hybridized carbons (Fsp3) is 0.278. The first-order valence-corrected chi connectivity index (χ1v) is 8.42. The molecule has 4 nitrogen and oxygen atoms in total. The van der Waals surface area contributed by atoms with E-state index < -0.39 is 6.10 Å². The van der Waals surface area contributed by atoms with Crippen molar-refractivity contribution in [2.75, 3.05) is 0 Å². The smallest absolute Gasteiger partial charge is 0.261 e. The van der Waals surface area contributed by atoms with E-state index >= 15 is 0 Å². The number of carbonyl (C=O) groups excluding carboxylic acids is 1. The second kappa shape index (κ2) is 7.15. The van der Waals surface area contributed by atoms with Crippen molar-refractivity contribution in [3.05, 3.63) is 63.6 Å². The highest BCUT2D eigenvalue weighted by Crippen LogP contribution is 2.19. The van der Waals surface area contributed by atoms with Gasteiger partial charge in [0.15, 0.2) is 6.10 Å². The third kappa shape index (κ3) is 4.12. The van der Waals surface area contributed by atoms with Crippen molar-refractivity contribution >= 4 is 21.8 Å². The van der Waals surface area contributed by atoms with Crippen LogP contribution in [0.2, 0.25) is 0 Å². The van der Waals surface area contributed by atoms with Gasteiger partial charge in [-0.05, 0) is 41.8 Å². The van der Waals surface area contributed by atoms with Crippen LogP contribution in [-0.4, -0.2) is 12.0 Å². The number of fused-ring (bicyclic) bond motifs is 1. The van der Waals surface area contributed by atoms with Crippen molar-refractivity contribution in [1.82, 2.24) is 10.6 Å². The molecule has 1 aliphatic rings. The second-order valence-corrected chi connectivity index (χ2v) is 6.56. The first kappa shape index (κ1) is 16.0. The molecular weight excluding hydrogens is 356 g/mol. The molecule has 0 saturated carbocycles. The van der Waals surface area contributed by atoms with Crippen LogP contribution in [0.4, 0.5) is 0 Å². The highest BCUT2D eigenvalue weighted by atomic mass is 79.9. The number of hydrogen-bond donors (Lipinski definition) is 2. The van der Waals surface area contributed by atoms with E-state index in [9.17, 15) is 4.79 Å². The van der Waals surface area contributed by atoms with E-state index in [4.69, 9.17) is 4.74 Å². The fourth-order valence-corrected chi connectivity index (χ4v) is 2.97. The Bertz CT molecular complexity index is 718. The van der Waals surface area contributed by atoms with Crippen LogP contribution in [0, 0.1) is 0 Å². The van der Waals surface area contributed by atoms with Gasteiger partial charge in [0.2, 0.25) is 0 Å². The summed E-state index contributed by atoms with van der Waals surface area (Å²) in [5.74, 6) is 0.550. The molecule has 1 amide bonds. The predicted molar refractivity (Wildman–Crippen MR) is 93.1 cm³/mol. The Morgan fingerprint density at radius 3 is 2.91 bits per heavy atom. The summed E-state index contributed by atoms with van der Waals surface area (Å²) >= 11 is 3.39. The van der Waals surface area contributed by atoms with Gasteiger partial charge in [0.1, 0.15) is 5.75 Å². The van der Waals surface area contributed by atoms with Gasteiger partial charge in [-0.25, -0.2) is 0 Å². The minimum Gasteiger partial charge on any atom is -0.481 e. The molecule has 2 aromatic rings. The summed E-state index contributed by atoms with van der Waals surface area (Å²) in [4.78, 5) is 12.2. The van der Waals surface area contributed by atoms with Crippen molar-refractivity contribution in [3.63, 3.8) is 0 Å². The highest BCUT2D eigenvalue weighted by Gasteiger charge is 2.15. The van der Waals surface area contributed by atoms with Gasteiger partial charge in [-0.3, -0.25) is 4.79 Å². The number of amides is 1. The van der Waals surface area contributed by atoms with E-state index in [1.165, 1.54) is 11.1 Å². The molecule has 1 aliphatic heterocycles. The number of nitrogens with one attached hydrogen (secondary N) is 2. The molecule has 0 aliphatic carbocycles. The first-order chi connectivity index (χ1) is 11.1. The van der Waals surface area contributed by atoms with Gasteiger partial charge in [0.25, 0.3) is 5.91 Å². The zero-order valence-electron chi connectivity index (χ0n) is 12.9. The maximum absolute atomic E-state index is 12.2. The van der Waals surface area contributed by atoms with E-state index in [0.717, 1.165) is 23.1 Å². The van der Waals surface area contributed by atoms with Crippen LogP contribution >= 0.6 is 15.9 Å². The maximum Gasteiger partial charge on any atom is 0.261 e. The largest absolute Gasteiger partial charge is 0.481 e. The standard InChI is InChI=1S/C18H19BrN2O2/c1-12(23-17-4-2-3-16(19)8-17)18(22)21-9-13-5-6-14-10-20-11-15(14)7-13/h2-8,12,20H,9-11H2,1H3,(H,21,22). The first-order valence-electron chi connectivity index (χ1n) is 7.63. The van der Waals surface area contributed by atoms with Gasteiger partial charge in [-0.15, -0.1) is 0 Å². The molecule has 0 saturated heterocycles. The van der Waals surface area contributed by atoms with E-state index in [1.807, 2.05) is 24.3 Å². The van der Waals surface area contributed by atoms with Gasteiger partial charge in [-0.1, -0.05) is 40.2 Å². The Kier molecular flexibility index (Phi) is 4.98. The average Bonchev–Trinajstić information content (AvgIpc) is 3.00. The van der Waals surface area contributed by atoms with Crippen LogP contribution in [0.25, 0.3) is 0 Å². The molecule has 0 radical (unpaired) electrons. The molecule has 3 rings (SSSR count). The predicted octanol–water partition coefficient (Wildman–Crippen LogP) is 3.14. The number of ether oxygens (including phenoxy) is 1. The molecule has 0 fully saturated rings. The third-order valence-corrected chi connectivity index (χ3v) is 4.34. The molecule has 0 spiro atoms. The van der Waals surface area contributed by atoms with Crippen LogP contribution in [0.1, 0.15) is 23.6 Å². The second-order valence-electron chi connectivity index (χ2n) is 5.64. The van der Waals surface area contributed by atoms with Gasteiger partial charge < -0.3 is 15.4 Å². The summed E-state index contributed by atoms with van der Waals surface area (Å²) in [6.45, 7) is 4.10. The lowest BCUT2D eigenvalue weighted by Gasteiger charge is -2.15. The van der Waals surface area contributed by atoms with Gasteiger partial charge in [0, 0.05) is 24.1 Å². The molecule has 5 heteroatoms. The number of carbonyl (C=O) groups is 1. The summed E-state index contributed by atoms with van der Waals surface area (Å²) in [7, 11) is 0. The maximum atomic E-state index is 12.2. The quantitative estimate of drug-likeness (QED) is 0.844. The molecule has 1 unspecified atom stereocenters. The van der Waals surface area contributed by atoms with Gasteiger partial charge >= 0.3 is 0 Å². The lowest BCUT2D eigenvalue weighted by molar-refractivity contribution is -0.127. The number of hydrogen-bond acceptors (Lipinski definition) is 3. The topological polar surface area (TPSA) is 50.4 Å². The molecule has 2 N–H and O–H groups in total. The molecule has 23 heavy (non-hydrogen) atoms.